The van der Waals surface area contributed by atoms with Crippen LogP contribution >= 0.6 is 0 Å². The number of hydrogen-bond donors (Lipinski definition) is 3. The Morgan fingerprint density at radius 1 is 1.44 bits per heavy atom. The molecule has 0 saturated heterocycles. The summed E-state index contributed by atoms with van der Waals surface area (Å²) in [7, 11) is 3.17. The van der Waals surface area contributed by atoms with Crippen LogP contribution in [0, 0.1) is 0 Å². The minimum absolute atomic E-state index is 0.216. The van der Waals surface area contributed by atoms with Crippen molar-refractivity contribution in [1.82, 2.24) is 10.2 Å². The fourth-order valence-electron chi connectivity index (χ4n) is 1.71. The van der Waals surface area contributed by atoms with E-state index in [2.05, 4.69) is 5.32 Å². The average Bonchev–Trinajstić information content (AvgIpc) is 2.38. The van der Waals surface area contributed by atoms with Crippen molar-refractivity contribution in [2.45, 2.75) is 18.6 Å². The number of aliphatic hydroxyl groups is 1. The molecule has 0 bridgehead atoms. The van der Waals surface area contributed by atoms with Gasteiger partial charge in [-0.05, 0) is 12.0 Å². The van der Waals surface area contributed by atoms with Gasteiger partial charge in [-0.15, -0.1) is 0 Å². The van der Waals surface area contributed by atoms with Gasteiger partial charge in [0.05, 0.1) is 6.10 Å². The normalized spacial score (nSPS) is 13.8. The molecule has 0 aliphatic carbocycles. The lowest BCUT2D eigenvalue weighted by molar-refractivity contribution is 0.109. The van der Waals surface area contributed by atoms with Gasteiger partial charge in [-0.2, -0.15) is 0 Å². The molecule has 18 heavy (non-hydrogen) atoms. The lowest BCUT2D eigenvalue weighted by Crippen LogP contribution is -2.47. The van der Waals surface area contributed by atoms with E-state index in [1.165, 1.54) is 4.90 Å². The number of carbonyl (C=O) groups excluding carboxylic acids is 1. The molecule has 4 N–H and O–H groups in total. The summed E-state index contributed by atoms with van der Waals surface area (Å²) in [5, 5.41) is 12.4. The van der Waals surface area contributed by atoms with Gasteiger partial charge in [-0.25, -0.2) is 4.79 Å². The molecule has 0 radical (unpaired) electrons. The second-order valence-corrected chi connectivity index (χ2v) is 4.36. The predicted molar refractivity (Wildman–Crippen MR) is 71.2 cm³/mol. The van der Waals surface area contributed by atoms with Crippen molar-refractivity contribution in [1.29, 1.82) is 0 Å². The lowest BCUT2D eigenvalue weighted by Gasteiger charge is -2.24. The van der Waals surface area contributed by atoms with Crippen LogP contribution in [0.25, 0.3) is 0 Å². The van der Waals surface area contributed by atoms with Crippen LogP contribution in [0.4, 0.5) is 4.79 Å². The quantitative estimate of drug-likeness (QED) is 0.699. The van der Waals surface area contributed by atoms with Crippen molar-refractivity contribution < 1.29 is 9.90 Å². The Morgan fingerprint density at radius 3 is 2.61 bits per heavy atom. The van der Waals surface area contributed by atoms with Crippen molar-refractivity contribution in [3.05, 3.63) is 35.9 Å². The van der Waals surface area contributed by atoms with E-state index in [4.69, 9.17) is 5.73 Å². The standard InChI is InChI=1S/C13H21N3O2/c1-15-13(18)16(2)9-12(17)11(14)8-10-6-4-3-5-7-10/h3-7,11-12,17H,8-9,14H2,1-2H3,(H,15,18)/t11-,12-/m0/s1. The van der Waals surface area contributed by atoms with Gasteiger partial charge in [0.1, 0.15) is 0 Å². The maximum Gasteiger partial charge on any atom is 0.316 e. The first-order chi connectivity index (χ1) is 8.54. The third-order valence-corrected chi connectivity index (χ3v) is 2.83. The summed E-state index contributed by atoms with van der Waals surface area (Å²) in [5.74, 6) is 0. The number of benzene rings is 1. The van der Waals surface area contributed by atoms with Crippen LogP contribution in [0.15, 0.2) is 30.3 Å². The number of nitrogens with zero attached hydrogens (tertiary/aromatic N) is 1. The van der Waals surface area contributed by atoms with Crippen molar-refractivity contribution in [2.24, 2.45) is 5.73 Å². The predicted octanol–water partition coefficient (Wildman–Crippen LogP) is 0.189. The van der Waals surface area contributed by atoms with E-state index in [1.54, 1.807) is 14.1 Å². The Bertz CT molecular complexity index is 370. The Balaban J connectivity index is 2.46. The van der Waals surface area contributed by atoms with Crippen LogP contribution in [-0.2, 0) is 6.42 Å². The highest BCUT2D eigenvalue weighted by Crippen LogP contribution is 2.05. The number of aliphatic hydroxyl groups excluding tert-OH is 1. The van der Waals surface area contributed by atoms with Crippen LogP contribution in [-0.4, -0.2) is 48.8 Å². The number of nitrogens with two attached hydrogens (primary N) is 1. The maximum atomic E-state index is 11.3. The molecule has 1 rings (SSSR count). The molecule has 0 saturated carbocycles. The summed E-state index contributed by atoms with van der Waals surface area (Å²) >= 11 is 0. The zero-order valence-corrected chi connectivity index (χ0v) is 10.8. The monoisotopic (exact) mass is 251 g/mol. The zero-order chi connectivity index (χ0) is 13.5. The molecule has 100 valence electrons. The van der Waals surface area contributed by atoms with Gasteiger partial charge in [-0.1, -0.05) is 30.3 Å². The Kier molecular flexibility index (Phi) is 5.61. The molecule has 0 aliphatic heterocycles. The third kappa shape index (κ3) is 4.35. The Hall–Kier alpha value is -1.59. The van der Waals surface area contributed by atoms with Gasteiger partial charge in [0.2, 0.25) is 0 Å². The topological polar surface area (TPSA) is 78.6 Å². The van der Waals surface area contributed by atoms with Gasteiger partial charge in [0.25, 0.3) is 0 Å². The number of carbonyl (C=O) groups is 1. The molecule has 0 fully saturated rings. The minimum Gasteiger partial charge on any atom is -0.390 e. The van der Waals surface area contributed by atoms with E-state index in [9.17, 15) is 9.90 Å². The van der Waals surface area contributed by atoms with Gasteiger partial charge in [-0.3, -0.25) is 0 Å². The second kappa shape index (κ2) is 6.98. The van der Waals surface area contributed by atoms with Crippen LogP contribution in [0.5, 0.6) is 0 Å². The van der Waals surface area contributed by atoms with Gasteiger partial charge in [0, 0.05) is 26.7 Å². The highest BCUT2D eigenvalue weighted by Gasteiger charge is 2.19. The molecule has 0 unspecified atom stereocenters. The number of urea groups is 1. The van der Waals surface area contributed by atoms with E-state index in [1.807, 2.05) is 30.3 Å². The maximum absolute atomic E-state index is 11.3. The highest BCUT2D eigenvalue weighted by atomic mass is 16.3. The van der Waals surface area contributed by atoms with Gasteiger partial charge in [0.15, 0.2) is 0 Å². The molecule has 0 heterocycles. The molecule has 2 atom stereocenters. The number of rotatable bonds is 5. The zero-order valence-electron chi connectivity index (χ0n) is 10.8. The molecule has 0 aliphatic rings. The number of amides is 2. The number of hydrogen-bond acceptors (Lipinski definition) is 3. The second-order valence-electron chi connectivity index (χ2n) is 4.36. The summed E-state index contributed by atoms with van der Waals surface area (Å²) in [6.45, 7) is 0.216. The Morgan fingerprint density at radius 2 is 2.06 bits per heavy atom. The SMILES string of the molecule is CNC(=O)N(C)C[C@H](O)[C@@H](N)Cc1ccccc1. The van der Waals surface area contributed by atoms with E-state index in [0.717, 1.165) is 5.56 Å². The molecular weight excluding hydrogens is 230 g/mol. The number of likely N-dealkylation sites (N-methyl/N-ethyl adjacent to an activating group) is 1. The fourth-order valence-corrected chi connectivity index (χ4v) is 1.71. The smallest absolute Gasteiger partial charge is 0.316 e. The van der Waals surface area contributed by atoms with E-state index < -0.39 is 6.10 Å². The van der Waals surface area contributed by atoms with E-state index >= 15 is 0 Å². The van der Waals surface area contributed by atoms with Crippen molar-refractivity contribution >= 4 is 6.03 Å². The van der Waals surface area contributed by atoms with E-state index in [-0.39, 0.29) is 18.6 Å². The average molecular weight is 251 g/mol. The molecule has 1 aromatic rings. The Labute approximate surface area is 108 Å². The molecule has 2 amide bonds. The summed E-state index contributed by atoms with van der Waals surface area (Å²) in [6.07, 6.45) is -0.156. The third-order valence-electron chi connectivity index (χ3n) is 2.83. The summed E-state index contributed by atoms with van der Waals surface area (Å²) in [6, 6.07) is 9.12. The van der Waals surface area contributed by atoms with Crippen molar-refractivity contribution in [2.75, 3.05) is 20.6 Å². The van der Waals surface area contributed by atoms with Crippen LogP contribution in [0.3, 0.4) is 0 Å². The fraction of sp³-hybridized carbons (Fsp3) is 0.462. The van der Waals surface area contributed by atoms with Crippen molar-refractivity contribution in [3.8, 4) is 0 Å². The van der Waals surface area contributed by atoms with Gasteiger partial charge >= 0.3 is 6.03 Å². The summed E-state index contributed by atoms with van der Waals surface area (Å²) in [4.78, 5) is 12.7. The molecular formula is C13H21N3O2. The van der Waals surface area contributed by atoms with Crippen LogP contribution < -0.4 is 11.1 Å². The molecule has 0 aromatic heterocycles. The molecule has 1 aromatic carbocycles. The van der Waals surface area contributed by atoms with Crippen molar-refractivity contribution in [3.63, 3.8) is 0 Å². The first-order valence-electron chi connectivity index (χ1n) is 5.95. The summed E-state index contributed by atoms with van der Waals surface area (Å²) < 4.78 is 0. The first-order valence-corrected chi connectivity index (χ1v) is 5.95. The first kappa shape index (κ1) is 14.5. The van der Waals surface area contributed by atoms with Crippen LogP contribution in [0.1, 0.15) is 5.56 Å². The lowest BCUT2D eigenvalue weighted by atomic mass is 10.0. The minimum atomic E-state index is -0.743. The van der Waals surface area contributed by atoms with E-state index in [0.29, 0.717) is 6.42 Å². The molecule has 5 nitrogen and oxygen atoms in total. The highest BCUT2D eigenvalue weighted by molar-refractivity contribution is 5.73. The largest absolute Gasteiger partial charge is 0.390 e. The molecule has 0 spiro atoms. The number of nitrogens with one attached hydrogen (secondary N) is 1. The van der Waals surface area contributed by atoms with Crippen LogP contribution in [0.2, 0.25) is 0 Å². The summed E-state index contributed by atoms with van der Waals surface area (Å²) in [5.41, 5.74) is 7.01. The molecule has 5 heteroatoms. The van der Waals surface area contributed by atoms with Gasteiger partial charge < -0.3 is 21.1 Å².